The number of halogens is 2. The molecule has 0 bridgehead atoms. The van der Waals surface area contributed by atoms with Crippen LogP contribution in [0.3, 0.4) is 0 Å². The Kier molecular flexibility index (Phi) is 5.03. The van der Waals surface area contributed by atoms with E-state index in [9.17, 15) is 13.6 Å². The Hall–Kier alpha value is -2.88. The van der Waals surface area contributed by atoms with Crippen molar-refractivity contribution in [2.45, 2.75) is 31.6 Å². The number of fused-ring (bicyclic) bond motifs is 1. The van der Waals surface area contributed by atoms with Gasteiger partial charge in [-0.3, -0.25) is 4.79 Å². The average molecular weight is 392 g/mol. The summed E-state index contributed by atoms with van der Waals surface area (Å²) >= 11 is 0. The molecule has 1 aliphatic rings. The minimum absolute atomic E-state index is 0.133. The maximum absolute atomic E-state index is 12.6. The van der Waals surface area contributed by atoms with E-state index in [2.05, 4.69) is 19.4 Å². The van der Waals surface area contributed by atoms with Gasteiger partial charge in [-0.05, 0) is 12.8 Å². The van der Waals surface area contributed by atoms with E-state index in [1.54, 1.807) is 10.6 Å². The molecule has 0 unspecified atom stereocenters. The van der Waals surface area contributed by atoms with Crippen LogP contribution in [0.25, 0.3) is 5.65 Å². The van der Waals surface area contributed by atoms with E-state index in [0.29, 0.717) is 30.5 Å². The zero-order valence-electron chi connectivity index (χ0n) is 15.1. The molecule has 0 saturated carbocycles. The lowest BCUT2D eigenvalue weighted by molar-refractivity contribution is 0.0846. The summed E-state index contributed by atoms with van der Waals surface area (Å²) < 4.78 is 42.3. The van der Waals surface area contributed by atoms with Crippen LogP contribution < -0.4 is 4.74 Å². The van der Waals surface area contributed by atoms with Crippen molar-refractivity contribution in [3.05, 3.63) is 41.6 Å². The summed E-state index contributed by atoms with van der Waals surface area (Å²) in [6.07, 6.45) is 3.29. The fraction of sp³-hybridized carbons (Fsp3) is 0.444. The van der Waals surface area contributed by atoms with Gasteiger partial charge in [-0.2, -0.15) is 8.78 Å². The molecule has 4 heterocycles. The molecule has 0 radical (unpaired) electrons. The Morgan fingerprint density at radius 2 is 2.07 bits per heavy atom. The van der Waals surface area contributed by atoms with Crippen molar-refractivity contribution in [3.63, 3.8) is 0 Å². The van der Waals surface area contributed by atoms with E-state index in [0.717, 1.165) is 24.8 Å². The molecule has 0 atom stereocenters. The van der Waals surface area contributed by atoms with Gasteiger partial charge in [0.1, 0.15) is 12.0 Å². The van der Waals surface area contributed by atoms with E-state index in [4.69, 9.17) is 9.47 Å². The maximum atomic E-state index is 12.6. The molecule has 1 saturated heterocycles. The number of ether oxygens (including phenoxy) is 2. The number of nitrogens with zero attached hydrogens (tertiary/aromatic N) is 4. The van der Waals surface area contributed by atoms with Crippen molar-refractivity contribution >= 4 is 11.4 Å². The standard InChI is InChI=1S/C18H18F2N4O4/c1-26-18-16-22-12(10-2-4-27-5-3-10)8-24(16)7-11(21-18)6-14(25)13-9-28-17(23-13)15(19)20/h7-10,15H,2-6H2,1H3. The summed E-state index contributed by atoms with van der Waals surface area (Å²) in [7, 11) is 1.48. The van der Waals surface area contributed by atoms with Gasteiger partial charge in [0, 0.05) is 31.5 Å². The highest BCUT2D eigenvalue weighted by Crippen LogP contribution is 2.28. The summed E-state index contributed by atoms with van der Waals surface area (Å²) in [5.74, 6) is -0.669. The molecule has 0 aliphatic carbocycles. The first-order valence-corrected chi connectivity index (χ1v) is 8.82. The second-order valence-electron chi connectivity index (χ2n) is 6.50. The quantitative estimate of drug-likeness (QED) is 0.596. The minimum Gasteiger partial charge on any atom is -0.478 e. The Bertz CT molecular complexity index is 995. The minimum atomic E-state index is -2.87. The van der Waals surface area contributed by atoms with Crippen molar-refractivity contribution < 1.29 is 27.5 Å². The molecular formula is C18H18F2N4O4. The van der Waals surface area contributed by atoms with Gasteiger partial charge in [0.05, 0.1) is 24.9 Å². The van der Waals surface area contributed by atoms with Crippen molar-refractivity contribution in [1.29, 1.82) is 0 Å². The number of methoxy groups -OCH3 is 1. The zero-order valence-corrected chi connectivity index (χ0v) is 15.1. The van der Waals surface area contributed by atoms with Gasteiger partial charge in [-0.15, -0.1) is 0 Å². The van der Waals surface area contributed by atoms with Gasteiger partial charge >= 0.3 is 6.43 Å². The largest absolute Gasteiger partial charge is 0.478 e. The summed E-state index contributed by atoms with van der Waals surface area (Å²) in [6, 6.07) is 0. The third kappa shape index (κ3) is 3.59. The number of Topliss-reactive ketones (excluding diaryl/α,β-unsaturated/α-hetero) is 1. The number of carbonyl (C=O) groups excluding carboxylic acids is 1. The van der Waals surface area contributed by atoms with Gasteiger partial charge in [-0.25, -0.2) is 15.0 Å². The van der Waals surface area contributed by atoms with Crippen LogP contribution in [0.4, 0.5) is 8.78 Å². The number of alkyl halides is 2. The highest BCUT2D eigenvalue weighted by Gasteiger charge is 2.22. The predicted molar refractivity (Wildman–Crippen MR) is 91.8 cm³/mol. The van der Waals surface area contributed by atoms with E-state index < -0.39 is 18.1 Å². The molecule has 3 aromatic rings. The van der Waals surface area contributed by atoms with Gasteiger partial charge in [0.15, 0.2) is 5.78 Å². The van der Waals surface area contributed by atoms with Crippen LogP contribution in [-0.2, 0) is 11.2 Å². The first-order valence-electron chi connectivity index (χ1n) is 8.82. The highest BCUT2D eigenvalue weighted by molar-refractivity contribution is 5.95. The number of aromatic nitrogens is 4. The van der Waals surface area contributed by atoms with Crippen molar-refractivity contribution in [3.8, 4) is 5.88 Å². The fourth-order valence-corrected chi connectivity index (χ4v) is 3.22. The predicted octanol–water partition coefficient (Wildman–Crippen LogP) is 2.98. The normalized spacial score (nSPS) is 15.4. The second-order valence-corrected chi connectivity index (χ2v) is 6.50. The molecule has 1 aliphatic heterocycles. The van der Waals surface area contributed by atoms with E-state index in [1.165, 1.54) is 7.11 Å². The average Bonchev–Trinajstić information content (AvgIpc) is 3.35. The monoisotopic (exact) mass is 392 g/mol. The third-order valence-electron chi connectivity index (χ3n) is 4.64. The SMILES string of the molecule is COc1nc(CC(=O)c2coc(C(F)F)n2)cn2cc(C3CCOCC3)nc12. The van der Waals surface area contributed by atoms with E-state index in [1.807, 2.05) is 6.20 Å². The Labute approximate surface area is 158 Å². The molecule has 10 heteroatoms. The van der Waals surface area contributed by atoms with Crippen LogP contribution in [0.2, 0.25) is 0 Å². The number of carbonyl (C=O) groups is 1. The van der Waals surface area contributed by atoms with Gasteiger partial charge in [0.2, 0.25) is 5.65 Å². The van der Waals surface area contributed by atoms with Crippen LogP contribution in [-0.4, -0.2) is 45.5 Å². The Morgan fingerprint density at radius 3 is 2.75 bits per heavy atom. The first kappa shape index (κ1) is 18.5. The number of hydrogen-bond donors (Lipinski definition) is 0. The highest BCUT2D eigenvalue weighted by atomic mass is 19.3. The molecule has 0 N–H and O–H groups in total. The second kappa shape index (κ2) is 7.63. The van der Waals surface area contributed by atoms with E-state index in [-0.39, 0.29) is 18.0 Å². The van der Waals surface area contributed by atoms with Crippen LogP contribution in [0.15, 0.2) is 23.1 Å². The lowest BCUT2D eigenvalue weighted by Gasteiger charge is -2.19. The topological polar surface area (TPSA) is 91.8 Å². The molecule has 0 amide bonds. The summed E-state index contributed by atoms with van der Waals surface area (Å²) in [6.45, 7) is 1.40. The molecule has 3 aromatic heterocycles. The molecule has 8 nitrogen and oxygen atoms in total. The van der Waals surface area contributed by atoms with Gasteiger partial charge in [-0.1, -0.05) is 0 Å². The molecule has 1 fully saturated rings. The lowest BCUT2D eigenvalue weighted by atomic mass is 9.97. The van der Waals surface area contributed by atoms with Crippen LogP contribution in [0.1, 0.15) is 53.0 Å². The third-order valence-corrected chi connectivity index (χ3v) is 4.64. The van der Waals surface area contributed by atoms with E-state index >= 15 is 0 Å². The number of ketones is 1. The Balaban J connectivity index is 1.60. The van der Waals surface area contributed by atoms with Gasteiger partial charge < -0.3 is 18.3 Å². The van der Waals surface area contributed by atoms with Crippen molar-refractivity contribution in [2.75, 3.05) is 20.3 Å². The van der Waals surface area contributed by atoms with Crippen molar-refractivity contribution in [1.82, 2.24) is 19.4 Å². The molecule has 0 aromatic carbocycles. The maximum Gasteiger partial charge on any atom is 0.313 e. The number of rotatable bonds is 6. The molecule has 28 heavy (non-hydrogen) atoms. The summed E-state index contributed by atoms with van der Waals surface area (Å²) in [5.41, 5.74) is 1.73. The first-order chi connectivity index (χ1) is 13.5. The Morgan fingerprint density at radius 1 is 1.29 bits per heavy atom. The fourth-order valence-electron chi connectivity index (χ4n) is 3.22. The van der Waals surface area contributed by atoms with Crippen LogP contribution in [0, 0.1) is 0 Å². The molecule has 4 rings (SSSR count). The van der Waals surface area contributed by atoms with Crippen molar-refractivity contribution in [2.24, 2.45) is 0 Å². The van der Waals surface area contributed by atoms with Crippen LogP contribution in [0.5, 0.6) is 5.88 Å². The number of hydrogen-bond acceptors (Lipinski definition) is 7. The summed E-state index contributed by atoms with van der Waals surface area (Å²) in [4.78, 5) is 24.8. The smallest absolute Gasteiger partial charge is 0.313 e. The van der Waals surface area contributed by atoms with Crippen LogP contribution >= 0.6 is 0 Å². The number of oxazole rings is 1. The molecule has 0 spiro atoms. The number of imidazole rings is 1. The molecule has 148 valence electrons. The zero-order chi connectivity index (χ0) is 19.7. The lowest BCUT2D eigenvalue weighted by Crippen LogP contribution is -2.14. The summed E-state index contributed by atoms with van der Waals surface area (Å²) in [5, 5.41) is 0. The molecular weight excluding hydrogens is 374 g/mol. The van der Waals surface area contributed by atoms with Gasteiger partial charge in [0.25, 0.3) is 11.8 Å².